The summed E-state index contributed by atoms with van der Waals surface area (Å²) in [6.07, 6.45) is 0. The van der Waals surface area contributed by atoms with E-state index in [4.69, 9.17) is 4.74 Å². The van der Waals surface area contributed by atoms with Crippen molar-refractivity contribution in [3.63, 3.8) is 0 Å². The van der Waals surface area contributed by atoms with Crippen molar-refractivity contribution >= 4 is 6.04 Å². The van der Waals surface area contributed by atoms with Gasteiger partial charge in [-0.2, -0.15) is 4.39 Å². The molecule has 1 saturated heterocycles. The maximum Gasteiger partial charge on any atom is 0.323 e. The zero-order valence-corrected chi connectivity index (χ0v) is 8.93. The molecule has 1 aliphatic rings. The summed E-state index contributed by atoms with van der Waals surface area (Å²) in [5, 5.41) is 0. The van der Waals surface area contributed by atoms with E-state index in [1.54, 1.807) is 12.1 Å². The van der Waals surface area contributed by atoms with Crippen LogP contribution in [-0.4, -0.2) is 37.2 Å². The first-order chi connectivity index (χ1) is 7.79. The van der Waals surface area contributed by atoms with Crippen LogP contribution in [0.1, 0.15) is 11.6 Å². The number of hydrogen-bond acceptors (Lipinski definition) is 3. The number of hydrogen-bond donors (Lipinski definition) is 0. The number of benzene rings is 1. The molecule has 1 aromatic rings. The quantitative estimate of drug-likeness (QED) is 0.728. The molecule has 1 atom stereocenters. The lowest BCUT2D eigenvalue weighted by Crippen LogP contribution is -2.41. The molecule has 3 nitrogen and oxygen atoms in total. The second-order valence-corrected chi connectivity index (χ2v) is 3.77. The van der Waals surface area contributed by atoms with Gasteiger partial charge in [-0.1, -0.05) is 30.3 Å². The molecule has 0 saturated carbocycles. The van der Waals surface area contributed by atoms with Gasteiger partial charge in [-0.05, 0) is 5.56 Å². The van der Waals surface area contributed by atoms with E-state index >= 15 is 0 Å². The fraction of sp³-hybridized carbons (Fsp3) is 0.417. The predicted octanol–water partition coefficient (Wildman–Crippen LogP) is 1.56. The molecule has 1 heterocycles. The molecule has 1 aliphatic heterocycles. The van der Waals surface area contributed by atoms with Crippen LogP contribution in [0.15, 0.2) is 30.3 Å². The summed E-state index contributed by atoms with van der Waals surface area (Å²) in [5.74, 6) is 0. The first kappa shape index (κ1) is 11.2. The van der Waals surface area contributed by atoms with Crippen molar-refractivity contribution in [3.8, 4) is 0 Å². The maximum atomic E-state index is 13.1. The van der Waals surface area contributed by atoms with Crippen molar-refractivity contribution in [3.05, 3.63) is 35.9 Å². The van der Waals surface area contributed by atoms with Gasteiger partial charge in [-0.3, -0.25) is 9.69 Å². The van der Waals surface area contributed by atoms with Crippen molar-refractivity contribution in [2.24, 2.45) is 0 Å². The topological polar surface area (TPSA) is 29.5 Å². The minimum absolute atomic E-state index is 0.552. The van der Waals surface area contributed by atoms with E-state index in [-0.39, 0.29) is 0 Å². The summed E-state index contributed by atoms with van der Waals surface area (Å²) in [6.45, 7) is 2.29. The number of rotatable bonds is 3. The Morgan fingerprint density at radius 1 is 1.25 bits per heavy atom. The molecular formula is C12H14FNO2. The molecular weight excluding hydrogens is 209 g/mol. The Labute approximate surface area is 93.8 Å². The van der Waals surface area contributed by atoms with Crippen LogP contribution in [0.5, 0.6) is 0 Å². The van der Waals surface area contributed by atoms with E-state index in [9.17, 15) is 9.18 Å². The van der Waals surface area contributed by atoms with Gasteiger partial charge in [0.15, 0.2) is 0 Å². The normalized spacial score (nSPS) is 19.3. The predicted molar refractivity (Wildman–Crippen MR) is 57.7 cm³/mol. The highest BCUT2D eigenvalue weighted by molar-refractivity contribution is 5.76. The number of nitrogens with zero attached hydrogens (tertiary/aromatic N) is 1. The highest BCUT2D eigenvalue weighted by Crippen LogP contribution is 2.23. The van der Waals surface area contributed by atoms with Crippen molar-refractivity contribution in [1.82, 2.24) is 4.90 Å². The maximum absolute atomic E-state index is 13.1. The van der Waals surface area contributed by atoms with Crippen LogP contribution in [-0.2, 0) is 9.53 Å². The third kappa shape index (κ3) is 2.46. The third-order valence-electron chi connectivity index (χ3n) is 2.74. The molecule has 0 amide bonds. The summed E-state index contributed by atoms with van der Waals surface area (Å²) >= 11 is 0. The lowest BCUT2D eigenvalue weighted by atomic mass is 10.1. The zero-order chi connectivity index (χ0) is 11.4. The Balaban J connectivity index is 2.20. The van der Waals surface area contributed by atoms with E-state index in [0.717, 1.165) is 0 Å². The number of carbonyl (C=O) groups excluding carboxylic acids is 1. The third-order valence-corrected chi connectivity index (χ3v) is 2.74. The summed E-state index contributed by atoms with van der Waals surface area (Å²) < 4.78 is 18.3. The Morgan fingerprint density at radius 2 is 1.88 bits per heavy atom. The standard InChI is InChI=1S/C12H14FNO2/c13-12(15)11(10-4-2-1-3-5-10)14-6-8-16-9-7-14/h1-5,11H,6-9H2. The van der Waals surface area contributed by atoms with Crippen molar-refractivity contribution in [1.29, 1.82) is 0 Å². The van der Waals surface area contributed by atoms with Gasteiger partial charge in [0, 0.05) is 13.1 Å². The summed E-state index contributed by atoms with van der Waals surface area (Å²) in [7, 11) is 0. The second-order valence-electron chi connectivity index (χ2n) is 3.77. The van der Waals surface area contributed by atoms with E-state index in [1.165, 1.54) is 0 Å². The lowest BCUT2D eigenvalue weighted by Gasteiger charge is -2.31. The van der Waals surface area contributed by atoms with Crippen LogP contribution < -0.4 is 0 Å². The van der Waals surface area contributed by atoms with Crippen LogP contribution >= 0.6 is 0 Å². The van der Waals surface area contributed by atoms with Crippen molar-refractivity contribution in [2.45, 2.75) is 6.04 Å². The molecule has 1 unspecified atom stereocenters. The fourth-order valence-corrected chi connectivity index (χ4v) is 1.96. The Bertz CT molecular complexity index is 349. The van der Waals surface area contributed by atoms with Gasteiger partial charge in [0.05, 0.1) is 13.2 Å². The smallest absolute Gasteiger partial charge is 0.323 e. The molecule has 0 radical (unpaired) electrons. The van der Waals surface area contributed by atoms with Crippen LogP contribution in [0.3, 0.4) is 0 Å². The number of carbonyl (C=O) groups is 1. The second kappa shape index (κ2) is 5.18. The van der Waals surface area contributed by atoms with E-state index in [2.05, 4.69) is 0 Å². The fourth-order valence-electron chi connectivity index (χ4n) is 1.96. The highest BCUT2D eigenvalue weighted by Gasteiger charge is 2.28. The molecule has 1 fully saturated rings. The molecule has 86 valence electrons. The number of morpholine rings is 1. The van der Waals surface area contributed by atoms with E-state index in [0.29, 0.717) is 31.9 Å². The van der Waals surface area contributed by atoms with Gasteiger partial charge in [0.1, 0.15) is 6.04 Å². The van der Waals surface area contributed by atoms with Gasteiger partial charge in [-0.15, -0.1) is 0 Å². The van der Waals surface area contributed by atoms with Crippen molar-refractivity contribution in [2.75, 3.05) is 26.3 Å². The zero-order valence-electron chi connectivity index (χ0n) is 8.93. The molecule has 16 heavy (non-hydrogen) atoms. The van der Waals surface area contributed by atoms with Crippen LogP contribution in [0.4, 0.5) is 4.39 Å². The molecule has 4 heteroatoms. The first-order valence-corrected chi connectivity index (χ1v) is 5.35. The Hall–Kier alpha value is -1.26. The largest absolute Gasteiger partial charge is 0.379 e. The van der Waals surface area contributed by atoms with Crippen LogP contribution in [0.2, 0.25) is 0 Å². The molecule has 0 aliphatic carbocycles. The average Bonchev–Trinajstić information content (AvgIpc) is 2.31. The Morgan fingerprint density at radius 3 is 2.44 bits per heavy atom. The molecule has 2 rings (SSSR count). The average molecular weight is 223 g/mol. The van der Waals surface area contributed by atoms with Gasteiger partial charge in [0.2, 0.25) is 0 Å². The first-order valence-electron chi connectivity index (χ1n) is 5.35. The van der Waals surface area contributed by atoms with Crippen LogP contribution in [0.25, 0.3) is 0 Å². The molecule has 0 spiro atoms. The molecule has 0 bridgehead atoms. The van der Waals surface area contributed by atoms with Gasteiger partial charge >= 0.3 is 6.04 Å². The van der Waals surface area contributed by atoms with Gasteiger partial charge in [0.25, 0.3) is 0 Å². The van der Waals surface area contributed by atoms with Gasteiger partial charge in [-0.25, -0.2) is 0 Å². The molecule has 1 aromatic carbocycles. The summed E-state index contributed by atoms with van der Waals surface area (Å²) in [5.41, 5.74) is 0.705. The Kier molecular flexibility index (Phi) is 3.64. The number of ether oxygens (including phenoxy) is 1. The van der Waals surface area contributed by atoms with Gasteiger partial charge < -0.3 is 4.74 Å². The van der Waals surface area contributed by atoms with E-state index in [1.807, 2.05) is 23.1 Å². The lowest BCUT2D eigenvalue weighted by molar-refractivity contribution is -0.137. The molecule has 0 aromatic heterocycles. The summed E-state index contributed by atoms with van der Waals surface area (Å²) in [6, 6.07) is 6.95. The SMILES string of the molecule is O=C(F)C(c1ccccc1)N1CCOCC1. The van der Waals surface area contributed by atoms with Crippen molar-refractivity contribution < 1.29 is 13.9 Å². The minimum Gasteiger partial charge on any atom is -0.379 e. The monoisotopic (exact) mass is 223 g/mol. The van der Waals surface area contributed by atoms with Crippen LogP contribution in [0, 0.1) is 0 Å². The number of halogens is 1. The summed E-state index contributed by atoms with van der Waals surface area (Å²) in [4.78, 5) is 12.9. The minimum atomic E-state index is -1.30. The molecule has 0 N–H and O–H groups in total. The van der Waals surface area contributed by atoms with E-state index < -0.39 is 12.1 Å². The highest BCUT2D eigenvalue weighted by atomic mass is 19.1.